The summed E-state index contributed by atoms with van der Waals surface area (Å²) in [5.74, 6) is -2.00. The maximum atomic E-state index is 13.6. The maximum absolute atomic E-state index is 13.6. The van der Waals surface area contributed by atoms with Gasteiger partial charge in [0.15, 0.2) is 11.6 Å². The monoisotopic (exact) mass is 304 g/mol. The molecule has 2 unspecified atom stereocenters. The van der Waals surface area contributed by atoms with Crippen molar-refractivity contribution in [2.24, 2.45) is 11.8 Å². The number of nitrogens with two attached hydrogens (primary N) is 1. The van der Waals surface area contributed by atoms with Crippen LogP contribution in [-0.2, 0) is 10.0 Å². The second-order valence-corrected chi connectivity index (χ2v) is 7.07. The van der Waals surface area contributed by atoms with E-state index in [-0.39, 0.29) is 18.2 Å². The van der Waals surface area contributed by atoms with Gasteiger partial charge in [0.2, 0.25) is 10.0 Å². The topological polar surface area (TPSA) is 72.2 Å². The molecule has 1 fully saturated rings. The molecule has 0 bridgehead atoms. The summed E-state index contributed by atoms with van der Waals surface area (Å²) in [5, 5.41) is 0. The zero-order chi connectivity index (χ0) is 14.9. The van der Waals surface area contributed by atoms with Crippen LogP contribution in [-0.4, -0.2) is 15.0 Å². The fourth-order valence-corrected chi connectivity index (χ4v) is 3.81. The lowest BCUT2D eigenvalue weighted by molar-refractivity contribution is 0.413. The van der Waals surface area contributed by atoms with Crippen molar-refractivity contribution in [3.8, 4) is 0 Å². The molecule has 0 amide bonds. The van der Waals surface area contributed by atoms with Crippen LogP contribution in [0.15, 0.2) is 17.0 Å². The van der Waals surface area contributed by atoms with Gasteiger partial charge in [-0.2, -0.15) is 0 Å². The van der Waals surface area contributed by atoms with Crippen molar-refractivity contribution in [1.29, 1.82) is 0 Å². The first-order valence-electron chi connectivity index (χ1n) is 6.55. The molecule has 0 saturated heterocycles. The number of rotatable bonds is 4. The van der Waals surface area contributed by atoms with E-state index in [4.69, 9.17) is 5.73 Å². The number of benzene rings is 1. The second kappa shape index (κ2) is 5.65. The molecule has 0 spiro atoms. The van der Waals surface area contributed by atoms with E-state index in [1.807, 2.05) is 0 Å². The molecule has 112 valence electrons. The Bertz CT molecular complexity index is 605. The van der Waals surface area contributed by atoms with Crippen LogP contribution in [0.5, 0.6) is 0 Å². The van der Waals surface area contributed by atoms with E-state index < -0.39 is 26.6 Å². The van der Waals surface area contributed by atoms with Crippen molar-refractivity contribution in [2.75, 3.05) is 12.3 Å². The lowest BCUT2D eigenvalue weighted by Gasteiger charge is -2.16. The van der Waals surface area contributed by atoms with Crippen LogP contribution in [0, 0.1) is 23.5 Å². The summed E-state index contributed by atoms with van der Waals surface area (Å²) in [4.78, 5) is -0.736. The Morgan fingerprint density at radius 2 is 2.05 bits per heavy atom. The number of hydrogen-bond donors (Lipinski definition) is 2. The first-order chi connectivity index (χ1) is 9.31. The molecule has 1 aromatic rings. The molecule has 0 radical (unpaired) electrons. The fraction of sp³-hybridized carbons (Fsp3) is 0.538. The first-order valence-corrected chi connectivity index (χ1v) is 8.04. The molecule has 0 aromatic heterocycles. The van der Waals surface area contributed by atoms with Crippen molar-refractivity contribution < 1.29 is 17.2 Å². The average molecular weight is 304 g/mol. The summed E-state index contributed by atoms with van der Waals surface area (Å²) in [7, 11) is -4.09. The van der Waals surface area contributed by atoms with Gasteiger partial charge in [-0.1, -0.05) is 19.8 Å². The van der Waals surface area contributed by atoms with Crippen LogP contribution in [0.1, 0.15) is 26.2 Å². The molecule has 0 heterocycles. The summed E-state index contributed by atoms with van der Waals surface area (Å²) < 4.78 is 53.3. The highest BCUT2D eigenvalue weighted by molar-refractivity contribution is 7.89. The highest BCUT2D eigenvalue weighted by Crippen LogP contribution is 2.31. The van der Waals surface area contributed by atoms with Crippen LogP contribution < -0.4 is 10.5 Å². The molecular formula is C13H18F2N2O2S. The largest absolute Gasteiger partial charge is 0.399 e. The Labute approximate surface area is 117 Å². The number of nitrogen functional groups attached to an aromatic ring is 1. The van der Waals surface area contributed by atoms with E-state index in [1.54, 1.807) is 0 Å². The second-order valence-electron chi connectivity index (χ2n) is 5.34. The predicted molar refractivity (Wildman–Crippen MR) is 72.5 cm³/mol. The lowest BCUT2D eigenvalue weighted by Crippen LogP contribution is -2.31. The lowest BCUT2D eigenvalue weighted by atomic mass is 9.99. The minimum Gasteiger partial charge on any atom is -0.399 e. The fourth-order valence-electron chi connectivity index (χ4n) is 2.60. The summed E-state index contributed by atoms with van der Waals surface area (Å²) in [6.07, 6.45) is 3.07. The molecule has 1 saturated carbocycles. The van der Waals surface area contributed by atoms with Crippen molar-refractivity contribution in [3.63, 3.8) is 0 Å². The smallest absolute Gasteiger partial charge is 0.243 e. The van der Waals surface area contributed by atoms with Gasteiger partial charge >= 0.3 is 0 Å². The Morgan fingerprint density at radius 1 is 1.35 bits per heavy atom. The zero-order valence-corrected chi connectivity index (χ0v) is 12.0. The first kappa shape index (κ1) is 15.2. The van der Waals surface area contributed by atoms with Crippen LogP contribution in [0.4, 0.5) is 14.5 Å². The van der Waals surface area contributed by atoms with Gasteiger partial charge in [-0.15, -0.1) is 0 Å². The van der Waals surface area contributed by atoms with Gasteiger partial charge in [0.25, 0.3) is 0 Å². The molecule has 0 aliphatic heterocycles. The Morgan fingerprint density at radius 3 is 2.65 bits per heavy atom. The molecule has 2 atom stereocenters. The van der Waals surface area contributed by atoms with Gasteiger partial charge in [0, 0.05) is 12.2 Å². The standard InChI is InChI=1S/C13H18F2N2O2S/c1-8-3-2-4-9(8)7-17-20(18,19)12-6-10(16)5-11(14)13(12)15/h5-6,8-9,17H,2-4,7,16H2,1H3. The Balaban J connectivity index is 2.18. The van der Waals surface area contributed by atoms with E-state index in [1.165, 1.54) is 0 Å². The van der Waals surface area contributed by atoms with Crippen molar-refractivity contribution in [2.45, 2.75) is 31.1 Å². The normalized spacial score (nSPS) is 23.1. The van der Waals surface area contributed by atoms with E-state index in [0.29, 0.717) is 5.92 Å². The minimum atomic E-state index is -4.09. The molecule has 2 rings (SSSR count). The zero-order valence-electron chi connectivity index (χ0n) is 11.2. The van der Waals surface area contributed by atoms with Crippen LogP contribution in [0.2, 0.25) is 0 Å². The summed E-state index contributed by atoms with van der Waals surface area (Å²) in [5.41, 5.74) is 5.24. The van der Waals surface area contributed by atoms with Gasteiger partial charge in [-0.05, 0) is 30.4 Å². The van der Waals surface area contributed by atoms with Crippen LogP contribution in [0.3, 0.4) is 0 Å². The number of nitrogens with one attached hydrogen (secondary N) is 1. The number of anilines is 1. The molecule has 1 aromatic carbocycles. The third-order valence-corrected chi connectivity index (χ3v) is 5.30. The Kier molecular flexibility index (Phi) is 4.29. The van der Waals surface area contributed by atoms with E-state index in [2.05, 4.69) is 11.6 Å². The molecule has 1 aliphatic rings. The van der Waals surface area contributed by atoms with Gasteiger partial charge in [0.05, 0.1) is 0 Å². The van der Waals surface area contributed by atoms with E-state index >= 15 is 0 Å². The number of sulfonamides is 1. The molecule has 1 aliphatic carbocycles. The van der Waals surface area contributed by atoms with Gasteiger partial charge < -0.3 is 5.73 Å². The minimum absolute atomic E-state index is 0.126. The van der Waals surface area contributed by atoms with Crippen LogP contribution in [0.25, 0.3) is 0 Å². The number of hydrogen-bond acceptors (Lipinski definition) is 3. The van der Waals surface area contributed by atoms with Gasteiger partial charge in [-0.25, -0.2) is 21.9 Å². The molecule has 4 nitrogen and oxygen atoms in total. The van der Waals surface area contributed by atoms with Crippen LogP contribution >= 0.6 is 0 Å². The molecule has 7 heteroatoms. The van der Waals surface area contributed by atoms with Gasteiger partial charge in [-0.3, -0.25) is 0 Å². The number of halogens is 2. The quantitative estimate of drug-likeness (QED) is 0.838. The predicted octanol–water partition coefficient (Wildman–Crippen LogP) is 2.26. The summed E-state index contributed by atoms with van der Waals surface area (Å²) >= 11 is 0. The highest BCUT2D eigenvalue weighted by Gasteiger charge is 2.27. The summed E-state index contributed by atoms with van der Waals surface area (Å²) in [6.45, 7) is 2.30. The van der Waals surface area contributed by atoms with Gasteiger partial charge in [0.1, 0.15) is 4.90 Å². The summed E-state index contributed by atoms with van der Waals surface area (Å²) in [6, 6.07) is 1.69. The third-order valence-electron chi connectivity index (χ3n) is 3.88. The third kappa shape index (κ3) is 3.09. The van der Waals surface area contributed by atoms with E-state index in [9.17, 15) is 17.2 Å². The SMILES string of the molecule is CC1CCCC1CNS(=O)(=O)c1cc(N)cc(F)c1F. The maximum Gasteiger partial charge on any atom is 0.243 e. The molecule has 20 heavy (non-hydrogen) atoms. The molecular weight excluding hydrogens is 286 g/mol. The van der Waals surface area contributed by atoms with E-state index in [0.717, 1.165) is 31.4 Å². The Hall–Kier alpha value is -1.21. The highest BCUT2D eigenvalue weighted by atomic mass is 32.2. The van der Waals surface area contributed by atoms with Crippen molar-refractivity contribution in [3.05, 3.63) is 23.8 Å². The van der Waals surface area contributed by atoms with Crippen molar-refractivity contribution >= 4 is 15.7 Å². The molecule has 3 N–H and O–H groups in total. The average Bonchev–Trinajstić information content (AvgIpc) is 2.77. The van der Waals surface area contributed by atoms with Crippen molar-refractivity contribution in [1.82, 2.24) is 4.72 Å².